The second-order valence-corrected chi connectivity index (χ2v) is 8.97. The number of carbonyl (C=O) groups is 1. The largest absolute Gasteiger partial charge is 0.384 e. The van der Waals surface area contributed by atoms with Gasteiger partial charge in [0.2, 0.25) is 0 Å². The first-order chi connectivity index (χ1) is 14.6. The maximum Gasteiger partial charge on any atom is 0.274 e. The molecule has 30 heavy (non-hydrogen) atoms. The first kappa shape index (κ1) is 19.3. The maximum absolute atomic E-state index is 12.9. The van der Waals surface area contributed by atoms with E-state index in [1.807, 2.05) is 30.2 Å². The van der Waals surface area contributed by atoms with E-state index in [-0.39, 0.29) is 11.5 Å². The van der Waals surface area contributed by atoms with Crippen LogP contribution in [0.25, 0.3) is 10.6 Å². The van der Waals surface area contributed by atoms with Crippen LogP contribution in [0.1, 0.15) is 40.7 Å². The molecule has 0 aliphatic carbocycles. The van der Waals surface area contributed by atoms with Crippen molar-refractivity contribution in [1.29, 1.82) is 0 Å². The highest BCUT2D eigenvalue weighted by Gasteiger charge is 2.43. The summed E-state index contributed by atoms with van der Waals surface area (Å²) < 4.78 is 8.15. The number of piperidine rings is 1. The fourth-order valence-electron chi connectivity index (χ4n) is 4.43. The number of ether oxygens (including phenoxy) is 1. The van der Waals surface area contributed by atoms with Crippen molar-refractivity contribution in [3.8, 4) is 10.6 Å². The average Bonchev–Trinajstić information content (AvgIpc) is 3.42. The van der Waals surface area contributed by atoms with E-state index in [9.17, 15) is 4.79 Å². The molecule has 156 valence electrons. The molecule has 0 unspecified atom stereocenters. The van der Waals surface area contributed by atoms with Crippen molar-refractivity contribution in [2.75, 3.05) is 25.4 Å². The minimum absolute atomic E-state index is 0.00283. The molecular weight excluding hydrogens is 398 g/mol. The quantitative estimate of drug-likeness (QED) is 0.698. The number of rotatable bonds is 3. The zero-order valence-corrected chi connectivity index (χ0v) is 17.8. The number of nitrogen functional groups attached to an aromatic ring is 1. The maximum atomic E-state index is 12.9. The first-order valence-electron chi connectivity index (χ1n) is 10.4. The summed E-state index contributed by atoms with van der Waals surface area (Å²) in [6.07, 6.45) is 4.36. The van der Waals surface area contributed by atoms with Crippen LogP contribution in [0.2, 0.25) is 0 Å². The summed E-state index contributed by atoms with van der Waals surface area (Å²) in [6.45, 7) is 4.82. The summed E-state index contributed by atoms with van der Waals surface area (Å²) in [6, 6.07) is 9.76. The monoisotopic (exact) mass is 423 g/mol. The molecule has 2 aliphatic rings. The SMILES string of the molecule is CCn1ccc(C(=O)N2CCC3(CC2)OCCc2sc(-c4cccc(N)n4)cc23)n1. The highest BCUT2D eigenvalue weighted by molar-refractivity contribution is 7.15. The van der Waals surface area contributed by atoms with E-state index < -0.39 is 0 Å². The van der Waals surface area contributed by atoms with Crippen molar-refractivity contribution < 1.29 is 9.53 Å². The Hall–Kier alpha value is -2.71. The topological polar surface area (TPSA) is 86.3 Å². The van der Waals surface area contributed by atoms with Gasteiger partial charge in [-0.25, -0.2) is 4.98 Å². The van der Waals surface area contributed by atoms with Gasteiger partial charge in [0, 0.05) is 37.1 Å². The molecule has 2 N–H and O–H groups in total. The van der Waals surface area contributed by atoms with Gasteiger partial charge in [-0.1, -0.05) is 6.07 Å². The van der Waals surface area contributed by atoms with Crippen molar-refractivity contribution in [3.63, 3.8) is 0 Å². The third kappa shape index (κ3) is 3.30. The van der Waals surface area contributed by atoms with E-state index in [2.05, 4.69) is 16.1 Å². The summed E-state index contributed by atoms with van der Waals surface area (Å²) in [4.78, 5) is 21.7. The number of aromatic nitrogens is 3. The van der Waals surface area contributed by atoms with Crippen molar-refractivity contribution >= 4 is 23.1 Å². The molecule has 5 rings (SSSR count). The number of likely N-dealkylation sites (tertiary alicyclic amines) is 1. The second kappa shape index (κ2) is 7.52. The Kier molecular flexibility index (Phi) is 4.83. The molecule has 0 atom stereocenters. The summed E-state index contributed by atoms with van der Waals surface area (Å²) in [5.41, 5.74) is 8.25. The zero-order valence-electron chi connectivity index (χ0n) is 17.0. The van der Waals surface area contributed by atoms with Crippen molar-refractivity contribution in [2.24, 2.45) is 0 Å². The third-order valence-electron chi connectivity index (χ3n) is 6.07. The van der Waals surface area contributed by atoms with Crippen LogP contribution in [0.15, 0.2) is 36.5 Å². The Labute approximate surface area is 179 Å². The van der Waals surface area contributed by atoms with Gasteiger partial charge < -0.3 is 15.4 Å². The van der Waals surface area contributed by atoms with E-state index in [0.717, 1.165) is 36.4 Å². The van der Waals surface area contributed by atoms with Gasteiger partial charge in [0.25, 0.3) is 5.91 Å². The Bertz CT molecular complexity index is 1080. The molecule has 3 aromatic heterocycles. The van der Waals surface area contributed by atoms with Crippen LogP contribution in [0.5, 0.6) is 0 Å². The number of pyridine rings is 1. The van der Waals surface area contributed by atoms with Gasteiger partial charge in [0.1, 0.15) is 11.5 Å². The summed E-state index contributed by atoms with van der Waals surface area (Å²) in [7, 11) is 0. The predicted molar refractivity (Wildman–Crippen MR) is 116 cm³/mol. The molecule has 3 aromatic rings. The number of fused-ring (bicyclic) bond motifs is 2. The lowest BCUT2D eigenvalue weighted by Gasteiger charge is -2.43. The number of nitrogens with two attached hydrogens (primary N) is 1. The van der Waals surface area contributed by atoms with Crippen LogP contribution in [-0.4, -0.2) is 45.3 Å². The van der Waals surface area contributed by atoms with Gasteiger partial charge >= 0.3 is 0 Å². The minimum Gasteiger partial charge on any atom is -0.384 e. The highest BCUT2D eigenvalue weighted by atomic mass is 32.1. The van der Waals surface area contributed by atoms with Gasteiger partial charge in [0.15, 0.2) is 0 Å². The van der Waals surface area contributed by atoms with Crippen LogP contribution in [0, 0.1) is 0 Å². The summed E-state index contributed by atoms with van der Waals surface area (Å²) >= 11 is 1.78. The van der Waals surface area contributed by atoms with Gasteiger partial charge in [-0.05, 0) is 49.6 Å². The smallest absolute Gasteiger partial charge is 0.274 e. The first-order valence-corrected chi connectivity index (χ1v) is 11.2. The summed E-state index contributed by atoms with van der Waals surface area (Å²) in [5, 5.41) is 4.37. The van der Waals surface area contributed by atoms with Crippen LogP contribution in [-0.2, 0) is 23.3 Å². The van der Waals surface area contributed by atoms with Crippen LogP contribution >= 0.6 is 11.3 Å². The number of thiophene rings is 1. The molecule has 0 bridgehead atoms. The number of nitrogens with zero attached hydrogens (tertiary/aromatic N) is 4. The zero-order chi connectivity index (χ0) is 20.7. The molecule has 7 nitrogen and oxygen atoms in total. The molecule has 0 saturated carbocycles. The van der Waals surface area contributed by atoms with Crippen LogP contribution in [0.4, 0.5) is 5.82 Å². The number of hydrogen-bond acceptors (Lipinski definition) is 6. The normalized spacial score (nSPS) is 17.8. The predicted octanol–water partition coefficient (Wildman–Crippen LogP) is 3.31. The molecule has 1 fully saturated rings. The van der Waals surface area contributed by atoms with E-state index in [1.165, 1.54) is 10.4 Å². The van der Waals surface area contributed by atoms with Crippen LogP contribution < -0.4 is 5.73 Å². The Balaban J connectivity index is 1.37. The van der Waals surface area contributed by atoms with E-state index in [1.54, 1.807) is 28.2 Å². The second-order valence-electron chi connectivity index (χ2n) is 7.84. The standard InChI is InChI=1S/C22H25N5O2S/c1-2-27-10-6-17(25-27)21(28)26-11-8-22(9-12-26)15-14-19(30-18(15)7-13-29-22)16-4-3-5-20(23)24-16/h3-6,10,14H,2,7-9,11-13H2,1H3,(H2,23,24). The number of aryl methyl sites for hydroxylation is 1. The van der Waals surface area contributed by atoms with E-state index in [4.69, 9.17) is 10.5 Å². The third-order valence-corrected chi connectivity index (χ3v) is 7.29. The molecule has 0 radical (unpaired) electrons. The highest BCUT2D eigenvalue weighted by Crippen LogP contribution is 2.46. The molecule has 8 heteroatoms. The van der Waals surface area contributed by atoms with Crippen molar-refractivity contribution in [1.82, 2.24) is 19.7 Å². The molecule has 2 aliphatic heterocycles. The Morgan fingerprint density at radius 3 is 2.87 bits per heavy atom. The van der Waals surface area contributed by atoms with Gasteiger partial charge in [0.05, 0.1) is 22.8 Å². The van der Waals surface area contributed by atoms with Gasteiger partial charge in [-0.2, -0.15) is 5.10 Å². The molecular formula is C22H25N5O2S. The lowest BCUT2D eigenvalue weighted by atomic mass is 9.82. The number of anilines is 1. The van der Waals surface area contributed by atoms with Crippen LogP contribution in [0.3, 0.4) is 0 Å². The lowest BCUT2D eigenvalue weighted by molar-refractivity contribution is -0.0926. The number of hydrogen-bond donors (Lipinski definition) is 1. The Morgan fingerprint density at radius 2 is 2.13 bits per heavy atom. The van der Waals surface area contributed by atoms with Gasteiger partial charge in [-0.3, -0.25) is 9.48 Å². The fourth-order valence-corrected chi connectivity index (χ4v) is 5.63. The molecule has 0 aromatic carbocycles. The van der Waals surface area contributed by atoms with E-state index >= 15 is 0 Å². The lowest BCUT2D eigenvalue weighted by Crippen LogP contribution is -2.48. The minimum atomic E-state index is -0.317. The van der Waals surface area contributed by atoms with Gasteiger partial charge in [-0.15, -0.1) is 11.3 Å². The molecule has 1 amide bonds. The fraction of sp³-hybridized carbons (Fsp3) is 0.409. The van der Waals surface area contributed by atoms with Crippen molar-refractivity contribution in [3.05, 3.63) is 52.7 Å². The summed E-state index contributed by atoms with van der Waals surface area (Å²) in [5.74, 6) is 0.533. The Morgan fingerprint density at radius 1 is 1.30 bits per heavy atom. The molecule has 5 heterocycles. The van der Waals surface area contributed by atoms with E-state index in [0.29, 0.717) is 31.2 Å². The number of carbonyl (C=O) groups excluding carboxylic acids is 1. The number of amides is 1. The molecule has 1 saturated heterocycles. The average molecular weight is 424 g/mol. The molecule has 1 spiro atoms. The van der Waals surface area contributed by atoms with Crippen molar-refractivity contribution in [2.45, 2.75) is 38.3 Å².